The number of methoxy groups -OCH3 is 1. The van der Waals surface area contributed by atoms with Gasteiger partial charge in [0.2, 0.25) is 0 Å². The Morgan fingerprint density at radius 2 is 1.69 bits per heavy atom. The maximum atomic E-state index is 12.3. The molecule has 1 amide bonds. The number of anilines is 1. The van der Waals surface area contributed by atoms with Crippen LogP contribution in [0.25, 0.3) is 11.0 Å². The second-order valence-corrected chi connectivity index (χ2v) is 8.43. The Labute approximate surface area is 169 Å². The van der Waals surface area contributed by atoms with Gasteiger partial charge in [0.05, 0.1) is 12.8 Å². The van der Waals surface area contributed by atoms with E-state index in [1.165, 1.54) is 13.3 Å². The van der Waals surface area contributed by atoms with Crippen molar-refractivity contribution in [1.29, 1.82) is 0 Å². The highest BCUT2D eigenvalue weighted by molar-refractivity contribution is 6.08. The van der Waals surface area contributed by atoms with E-state index in [9.17, 15) is 14.4 Å². The Balaban J connectivity index is 2.44. The molecule has 2 heterocycles. The van der Waals surface area contributed by atoms with Crippen molar-refractivity contribution in [3.05, 3.63) is 24.0 Å². The minimum absolute atomic E-state index is 0.0703. The number of aromatic nitrogens is 2. The fourth-order valence-corrected chi connectivity index (χ4v) is 2.58. The highest BCUT2D eigenvalue weighted by atomic mass is 16.6. The quantitative estimate of drug-likeness (QED) is 0.612. The number of carbonyl (C=O) groups is 3. The summed E-state index contributed by atoms with van der Waals surface area (Å²) in [4.78, 5) is 40.9. The van der Waals surface area contributed by atoms with Gasteiger partial charge in [0.25, 0.3) is 0 Å². The Morgan fingerprint density at radius 1 is 1.07 bits per heavy atom. The summed E-state index contributed by atoms with van der Waals surface area (Å²) in [6, 6.07) is 1.64. The van der Waals surface area contributed by atoms with Crippen LogP contribution < -0.4 is 5.32 Å². The fourth-order valence-electron chi connectivity index (χ4n) is 2.58. The highest BCUT2D eigenvalue weighted by Crippen LogP contribution is 2.28. The van der Waals surface area contributed by atoms with Crippen molar-refractivity contribution in [2.75, 3.05) is 12.4 Å². The van der Waals surface area contributed by atoms with E-state index >= 15 is 0 Å². The van der Waals surface area contributed by atoms with Gasteiger partial charge in [-0.1, -0.05) is 0 Å². The summed E-state index contributed by atoms with van der Waals surface area (Å²) in [5.41, 5.74) is -0.673. The van der Waals surface area contributed by atoms with Crippen molar-refractivity contribution < 1.29 is 28.6 Å². The van der Waals surface area contributed by atoms with Crippen molar-refractivity contribution >= 4 is 34.8 Å². The third-order valence-corrected chi connectivity index (χ3v) is 3.54. The number of rotatable bonds is 4. The lowest BCUT2D eigenvalue weighted by molar-refractivity contribution is -0.155. The van der Waals surface area contributed by atoms with Crippen LogP contribution in [0.1, 0.15) is 51.9 Å². The van der Waals surface area contributed by atoms with Gasteiger partial charge in [-0.15, -0.1) is 0 Å². The number of carbonyl (C=O) groups excluding carboxylic acids is 3. The van der Waals surface area contributed by atoms with Crippen LogP contribution in [-0.2, 0) is 25.5 Å². The summed E-state index contributed by atoms with van der Waals surface area (Å²) in [5, 5.41) is 3.06. The fraction of sp³-hybridized carbons (Fsp3) is 0.500. The molecule has 0 aliphatic carbocycles. The lowest BCUT2D eigenvalue weighted by Gasteiger charge is -2.21. The van der Waals surface area contributed by atoms with E-state index in [0.717, 1.165) is 0 Å². The molecule has 0 unspecified atom stereocenters. The van der Waals surface area contributed by atoms with E-state index < -0.39 is 29.2 Å². The van der Waals surface area contributed by atoms with E-state index in [0.29, 0.717) is 11.0 Å². The van der Waals surface area contributed by atoms with Crippen molar-refractivity contribution in [2.45, 2.75) is 59.3 Å². The molecule has 0 aromatic carbocycles. The smallest absolute Gasteiger partial charge is 0.412 e. The minimum Gasteiger partial charge on any atom is -0.465 e. The normalized spacial score (nSPS) is 11.8. The van der Waals surface area contributed by atoms with Crippen molar-refractivity contribution in [1.82, 2.24) is 9.55 Å². The summed E-state index contributed by atoms with van der Waals surface area (Å²) < 4.78 is 17.0. The zero-order valence-electron chi connectivity index (χ0n) is 17.8. The Morgan fingerprint density at radius 3 is 2.24 bits per heavy atom. The van der Waals surface area contributed by atoms with Gasteiger partial charge in [0, 0.05) is 17.8 Å². The predicted octanol–water partition coefficient (Wildman–Crippen LogP) is 3.51. The number of esters is 2. The Bertz CT molecular complexity index is 934. The average Bonchev–Trinajstić information content (AvgIpc) is 2.94. The second-order valence-electron chi connectivity index (χ2n) is 8.43. The third kappa shape index (κ3) is 5.94. The van der Waals surface area contributed by atoms with E-state index in [1.54, 1.807) is 58.4 Å². The van der Waals surface area contributed by atoms with Crippen LogP contribution in [0.3, 0.4) is 0 Å². The van der Waals surface area contributed by atoms with Crippen LogP contribution in [0.15, 0.2) is 18.5 Å². The van der Waals surface area contributed by atoms with E-state index in [4.69, 9.17) is 14.2 Å². The maximum Gasteiger partial charge on any atom is 0.412 e. The number of amides is 1. The molecule has 0 spiro atoms. The number of hydrogen-bond acceptors (Lipinski definition) is 7. The van der Waals surface area contributed by atoms with Crippen molar-refractivity contribution in [2.24, 2.45) is 0 Å². The molecule has 158 valence electrons. The summed E-state index contributed by atoms with van der Waals surface area (Å²) in [7, 11) is 1.23. The van der Waals surface area contributed by atoms with Gasteiger partial charge in [-0.2, -0.15) is 0 Å². The number of nitrogens with one attached hydrogen (secondary N) is 1. The van der Waals surface area contributed by atoms with Gasteiger partial charge in [-0.25, -0.2) is 14.6 Å². The molecule has 2 aromatic rings. The molecule has 0 radical (unpaired) electrons. The molecule has 0 fully saturated rings. The van der Waals surface area contributed by atoms with Gasteiger partial charge in [0.1, 0.15) is 29.0 Å². The van der Waals surface area contributed by atoms with Crippen LogP contribution in [0.2, 0.25) is 0 Å². The lowest BCUT2D eigenvalue weighted by Crippen LogP contribution is -2.28. The zero-order valence-corrected chi connectivity index (χ0v) is 17.8. The number of ether oxygens (including phenoxy) is 3. The Kier molecular flexibility index (Phi) is 6.20. The summed E-state index contributed by atoms with van der Waals surface area (Å²) in [6.45, 7) is 10.5. The topological polar surface area (TPSA) is 109 Å². The molecule has 1 N–H and O–H groups in total. The first-order valence-electron chi connectivity index (χ1n) is 9.09. The van der Waals surface area contributed by atoms with Crippen molar-refractivity contribution in [3.63, 3.8) is 0 Å². The molecule has 0 atom stereocenters. The number of fused-ring (bicyclic) bond motifs is 1. The largest absolute Gasteiger partial charge is 0.465 e. The van der Waals surface area contributed by atoms with Crippen LogP contribution in [-0.4, -0.2) is 45.9 Å². The molecule has 0 saturated heterocycles. The number of pyridine rings is 1. The van der Waals surface area contributed by atoms with Crippen LogP contribution in [0, 0.1) is 0 Å². The molecule has 0 aliphatic heterocycles. The van der Waals surface area contributed by atoms with Crippen LogP contribution in [0.5, 0.6) is 0 Å². The molecule has 0 aliphatic rings. The zero-order chi connectivity index (χ0) is 22.0. The summed E-state index contributed by atoms with van der Waals surface area (Å²) in [5.74, 6) is -1.10. The molecule has 9 nitrogen and oxygen atoms in total. The molecule has 9 heteroatoms. The Hall–Kier alpha value is -3.10. The van der Waals surface area contributed by atoms with Gasteiger partial charge in [-0.3, -0.25) is 10.1 Å². The molecule has 29 heavy (non-hydrogen) atoms. The lowest BCUT2D eigenvalue weighted by atomic mass is 10.1. The van der Waals surface area contributed by atoms with Gasteiger partial charge in [-0.05, 0) is 47.6 Å². The molecule has 2 rings (SSSR count). The number of hydrogen-bond donors (Lipinski definition) is 1. The molecular formula is C20H27N3O6. The second kappa shape index (κ2) is 8.10. The van der Waals surface area contributed by atoms with Crippen LogP contribution in [0.4, 0.5) is 10.5 Å². The van der Waals surface area contributed by atoms with E-state index in [-0.39, 0.29) is 17.8 Å². The van der Waals surface area contributed by atoms with Crippen LogP contribution >= 0.6 is 0 Å². The van der Waals surface area contributed by atoms with Gasteiger partial charge in [0.15, 0.2) is 0 Å². The standard InChI is InChI=1S/C20H27N3O6/c1-19(2,3)28-14(24)11-23-9-8-12-15(22-18(26)29-20(4,5)6)13(17(25)27-7)10-21-16(12)23/h8-10H,11H2,1-7H3,(H,21,22,26). The first-order valence-corrected chi connectivity index (χ1v) is 9.09. The SMILES string of the molecule is COC(=O)c1cnc2c(ccn2CC(=O)OC(C)(C)C)c1NC(=O)OC(C)(C)C. The third-order valence-electron chi connectivity index (χ3n) is 3.54. The van der Waals surface area contributed by atoms with Gasteiger partial charge >= 0.3 is 18.0 Å². The first-order chi connectivity index (χ1) is 13.3. The van der Waals surface area contributed by atoms with E-state index in [1.807, 2.05) is 0 Å². The van der Waals surface area contributed by atoms with Crippen molar-refractivity contribution in [3.8, 4) is 0 Å². The number of nitrogens with zero attached hydrogens (tertiary/aromatic N) is 2. The molecule has 0 saturated carbocycles. The van der Waals surface area contributed by atoms with E-state index in [2.05, 4.69) is 10.3 Å². The summed E-state index contributed by atoms with van der Waals surface area (Å²) in [6.07, 6.45) is 2.19. The summed E-state index contributed by atoms with van der Waals surface area (Å²) >= 11 is 0. The molecule has 0 bridgehead atoms. The average molecular weight is 405 g/mol. The maximum absolute atomic E-state index is 12.3. The minimum atomic E-state index is -0.727. The van der Waals surface area contributed by atoms with Gasteiger partial charge < -0.3 is 18.8 Å². The highest BCUT2D eigenvalue weighted by Gasteiger charge is 2.24. The predicted molar refractivity (Wildman–Crippen MR) is 107 cm³/mol. The monoisotopic (exact) mass is 405 g/mol. The molecular weight excluding hydrogens is 378 g/mol. The molecule has 2 aromatic heterocycles. The first kappa shape index (κ1) is 22.2.